The second-order valence-corrected chi connectivity index (χ2v) is 15.5. The number of halogens is 1. The number of piperazine rings is 1. The van der Waals surface area contributed by atoms with Gasteiger partial charge in [-0.15, -0.1) is 0 Å². The highest BCUT2D eigenvalue weighted by molar-refractivity contribution is 5.81. The van der Waals surface area contributed by atoms with Crippen LogP contribution in [0.15, 0.2) is 83.4 Å². The summed E-state index contributed by atoms with van der Waals surface area (Å²) in [6.07, 6.45) is 7.08. The lowest BCUT2D eigenvalue weighted by Crippen LogP contribution is -2.55. The van der Waals surface area contributed by atoms with Crippen LogP contribution in [-0.2, 0) is 25.8 Å². The predicted molar refractivity (Wildman–Crippen MR) is 200 cm³/mol. The fraction of sp³-hybridized carbons (Fsp3) is 0.476. The van der Waals surface area contributed by atoms with Gasteiger partial charge in [0.2, 0.25) is 0 Å². The van der Waals surface area contributed by atoms with Crippen LogP contribution in [0.4, 0.5) is 10.1 Å². The molecule has 2 bridgehead atoms. The van der Waals surface area contributed by atoms with Crippen molar-refractivity contribution in [2.24, 2.45) is 29.1 Å². The molecule has 3 saturated carbocycles. The van der Waals surface area contributed by atoms with Crippen LogP contribution in [0.2, 0.25) is 0 Å². The van der Waals surface area contributed by atoms with Gasteiger partial charge in [-0.1, -0.05) is 45.0 Å². The number of rotatable bonds is 11. The number of benzene rings is 3. The summed E-state index contributed by atoms with van der Waals surface area (Å²) < 4.78 is 20.7. The SMILES string of the molecule is COc1ccc(CCc2nc3cc(N/C(=C/C4C[C@H]5C[C@@H]([C@@H]4C)C5(C)C)N4CCN[C@@H](C)C4)ccc3c(=O)n2CCc2ccc(F)cc2)cc1. The minimum Gasteiger partial charge on any atom is -0.497 e. The van der Waals surface area contributed by atoms with E-state index in [0.717, 1.165) is 66.3 Å². The smallest absolute Gasteiger partial charge is 0.261 e. The molecular formula is C42H52FN5O2. The fourth-order valence-electron chi connectivity index (χ4n) is 8.84. The van der Waals surface area contributed by atoms with Gasteiger partial charge in [0.15, 0.2) is 0 Å². The number of anilines is 1. The van der Waals surface area contributed by atoms with Crippen LogP contribution in [0.5, 0.6) is 5.75 Å². The highest BCUT2D eigenvalue weighted by Gasteiger charge is 2.55. The summed E-state index contributed by atoms with van der Waals surface area (Å²) >= 11 is 0. The van der Waals surface area contributed by atoms with Gasteiger partial charge in [-0.05, 0) is 121 Å². The standard InChI is InChI=1S/C42H52FN5O2/c1-27-26-47(21-19-44-27)40(23-31-22-32-24-37(28(31)2)42(32,3)4)45-34-13-16-36-38(25-34)46-39(17-10-29-8-14-35(50-5)15-9-29)48(41(36)49)20-18-30-6-11-33(43)12-7-30/h6-9,11-16,23,25,27-28,31-32,37,44-45H,10,17-22,24,26H2,1-5H3/b40-23-/t27-,28+,31?,32-,37-/m0/s1. The third-order valence-electron chi connectivity index (χ3n) is 12.1. The maximum Gasteiger partial charge on any atom is 0.261 e. The Labute approximate surface area is 295 Å². The molecule has 4 fully saturated rings. The molecule has 4 aromatic rings. The largest absolute Gasteiger partial charge is 0.497 e. The van der Waals surface area contributed by atoms with Crippen LogP contribution >= 0.6 is 0 Å². The predicted octanol–water partition coefficient (Wildman–Crippen LogP) is 7.44. The number of aryl methyl sites for hydroxylation is 3. The summed E-state index contributed by atoms with van der Waals surface area (Å²) in [5.74, 6) is 5.22. The normalized spacial score (nSPS) is 24.6. The van der Waals surface area contributed by atoms with E-state index < -0.39 is 0 Å². The van der Waals surface area contributed by atoms with E-state index in [-0.39, 0.29) is 11.4 Å². The van der Waals surface area contributed by atoms with Crippen LogP contribution < -0.4 is 20.9 Å². The van der Waals surface area contributed by atoms with Crippen molar-refractivity contribution < 1.29 is 9.13 Å². The van der Waals surface area contributed by atoms with Gasteiger partial charge in [-0.25, -0.2) is 9.37 Å². The molecule has 3 aromatic carbocycles. The van der Waals surface area contributed by atoms with Crippen molar-refractivity contribution in [2.75, 3.05) is 32.1 Å². The number of fused-ring (bicyclic) bond motifs is 3. The molecule has 1 saturated heterocycles. The first-order valence-electron chi connectivity index (χ1n) is 18.5. The van der Waals surface area contributed by atoms with Crippen molar-refractivity contribution >= 4 is 16.6 Å². The van der Waals surface area contributed by atoms with Crippen molar-refractivity contribution in [3.05, 3.63) is 112 Å². The molecule has 2 heterocycles. The third kappa shape index (κ3) is 7.05. The van der Waals surface area contributed by atoms with Crippen LogP contribution in [-0.4, -0.2) is 47.2 Å². The lowest BCUT2D eigenvalue weighted by molar-refractivity contribution is -0.118. The van der Waals surface area contributed by atoms with Gasteiger partial charge in [-0.2, -0.15) is 0 Å². The number of aromatic nitrogens is 2. The van der Waals surface area contributed by atoms with Gasteiger partial charge in [0.25, 0.3) is 5.56 Å². The van der Waals surface area contributed by atoms with Crippen molar-refractivity contribution in [1.29, 1.82) is 0 Å². The summed E-state index contributed by atoms with van der Waals surface area (Å²) in [5, 5.41) is 8.02. The van der Waals surface area contributed by atoms with E-state index in [1.807, 2.05) is 34.9 Å². The molecule has 2 N–H and O–H groups in total. The molecule has 1 aromatic heterocycles. The number of allylic oxidation sites excluding steroid dienone is 1. The summed E-state index contributed by atoms with van der Waals surface area (Å²) in [5.41, 5.74) is 4.18. The maximum atomic E-state index is 14.1. The van der Waals surface area contributed by atoms with Crippen LogP contribution in [0.3, 0.4) is 0 Å². The molecule has 4 aliphatic rings. The second kappa shape index (κ2) is 14.2. The minimum atomic E-state index is -0.263. The first kappa shape index (κ1) is 34.3. The van der Waals surface area contributed by atoms with Crippen LogP contribution in [0.25, 0.3) is 10.9 Å². The van der Waals surface area contributed by atoms with E-state index in [9.17, 15) is 9.18 Å². The fourth-order valence-corrected chi connectivity index (χ4v) is 8.84. The molecule has 8 heteroatoms. The summed E-state index contributed by atoms with van der Waals surface area (Å²) in [6, 6.07) is 21.0. The molecule has 7 nitrogen and oxygen atoms in total. The zero-order valence-corrected chi connectivity index (χ0v) is 30.2. The second-order valence-electron chi connectivity index (χ2n) is 15.5. The number of hydrogen-bond acceptors (Lipinski definition) is 6. The van der Waals surface area contributed by atoms with Crippen molar-refractivity contribution in [1.82, 2.24) is 19.8 Å². The lowest BCUT2D eigenvalue weighted by atomic mass is 9.43. The quantitative estimate of drug-likeness (QED) is 0.172. The van der Waals surface area contributed by atoms with Crippen LogP contribution in [0, 0.1) is 34.9 Å². The molecule has 1 unspecified atom stereocenters. The Balaban J connectivity index is 1.20. The van der Waals surface area contributed by atoms with Gasteiger partial charge in [-0.3, -0.25) is 9.36 Å². The molecule has 0 spiro atoms. The molecule has 5 atom stereocenters. The average Bonchev–Trinajstić information content (AvgIpc) is 3.11. The summed E-state index contributed by atoms with van der Waals surface area (Å²) in [7, 11) is 1.67. The molecule has 0 amide bonds. The topological polar surface area (TPSA) is 71.4 Å². The number of nitrogens with one attached hydrogen (secondary N) is 2. The summed E-state index contributed by atoms with van der Waals surface area (Å²) in [4.78, 5) is 21.8. The highest BCUT2D eigenvalue weighted by atomic mass is 19.1. The van der Waals surface area contributed by atoms with Crippen molar-refractivity contribution in [3.8, 4) is 5.75 Å². The number of hydrogen-bond donors (Lipinski definition) is 2. The van der Waals surface area contributed by atoms with E-state index >= 15 is 0 Å². The van der Waals surface area contributed by atoms with Crippen LogP contribution in [0.1, 0.15) is 57.5 Å². The molecule has 1 aliphatic heterocycles. The Morgan fingerprint density at radius 3 is 2.46 bits per heavy atom. The third-order valence-corrected chi connectivity index (χ3v) is 12.1. The van der Waals surface area contributed by atoms with E-state index in [0.29, 0.717) is 53.6 Å². The highest BCUT2D eigenvalue weighted by Crippen LogP contribution is 2.63. The first-order chi connectivity index (χ1) is 24.1. The Kier molecular flexibility index (Phi) is 9.75. The zero-order valence-electron chi connectivity index (χ0n) is 30.2. The minimum absolute atomic E-state index is 0.0436. The van der Waals surface area contributed by atoms with Crippen molar-refractivity contribution in [3.63, 3.8) is 0 Å². The van der Waals surface area contributed by atoms with Gasteiger partial charge < -0.3 is 20.3 Å². The number of nitrogens with zero attached hydrogens (tertiary/aromatic N) is 3. The first-order valence-corrected chi connectivity index (χ1v) is 18.5. The van der Waals surface area contributed by atoms with E-state index in [1.54, 1.807) is 19.2 Å². The Hall–Kier alpha value is -4.17. The molecule has 50 heavy (non-hydrogen) atoms. The molecular weight excluding hydrogens is 625 g/mol. The van der Waals surface area contributed by atoms with Gasteiger partial charge in [0, 0.05) is 44.3 Å². The van der Waals surface area contributed by atoms with E-state index in [1.165, 1.54) is 30.8 Å². The number of methoxy groups -OCH3 is 1. The Morgan fingerprint density at radius 1 is 1.02 bits per heavy atom. The Morgan fingerprint density at radius 2 is 1.76 bits per heavy atom. The molecule has 8 rings (SSSR count). The van der Waals surface area contributed by atoms with Gasteiger partial charge in [0.1, 0.15) is 23.2 Å². The molecule has 264 valence electrons. The maximum absolute atomic E-state index is 14.1. The number of ether oxygens (including phenoxy) is 1. The lowest BCUT2D eigenvalue weighted by Gasteiger charge is -2.62. The zero-order chi connectivity index (χ0) is 35.0. The monoisotopic (exact) mass is 677 g/mol. The van der Waals surface area contributed by atoms with E-state index in [4.69, 9.17) is 9.72 Å². The molecule has 3 aliphatic carbocycles. The average molecular weight is 678 g/mol. The van der Waals surface area contributed by atoms with Gasteiger partial charge in [0.05, 0.1) is 18.0 Å². The summed E-state index contributed by atoms with van der Waals surface area (Å²) in [6.45, 7) is 12.9. The molecule has 0 radical (unpaired) electrons. The van der Waals surface area contributed by atoms with Gasteiger partial charge >= 0.3 is 0 Å². The van der Waals surface area contributed by atoms with E-state index in [2.05, 4.69) is 61.4 Å². The van der Waals surface area contributed by atoms with Crippen molar-refractivity contribution in [2.45, 2.75) is 72.4 Å². The Bertz CT molecular complexity index is 1900.